The molecular weight excluding hydrogens is 524 g/mol. The van der Waals surface area contributed by atoms with Crippen LogP contribution in [0, 0.1) is 0 Å². The molecule has 0 aromatic heterocycles. The quantitative estimate of drug-likeness (QED) is 0.0634. The smallest absolute Gasteiger partial charge is 0.859 e. The molecule has 0 spiro atoms. The van der Waals surface area contributed by atoms with Gasteiger partial charge in [0, 0.05) is 6.54 Å². The Balaban J connectivity index is -0.000000569. The minimum Gasteiger partial charge on any atom is -0.859 e. The van der Waals surface area contributed by atoms with Gasteiger partial charge in [0.15, 0.2) is 0 Å². The van der Waals surface area contributed by atoms with Gasteiger partial charge in [-0.2, -0.15) is 8.42 Å². The molecule has 0 aliphatic rings. The average Bonchev–Trinajstić information content (AvgIpc) is 2.72. The first-order chi connectivity index (χ1) is 15.9. The maximum atomic E-state index is 11.1. The third-order valence-electron chi connectivity index (χ3n) is 4.25. The topological polar surface area (TPSA) is 176 Å². The van der Waals surface area contributed by atoms with Crippen LogP contribution >= 0.6 is 0 Å². The van der Waals surface area contributed by atoms with Crippen molar-refractivity contribution in [3.63, 3.8) is 0 Å². The molecule has 35 heavy (non-hydrogen) atoms. The van der Waals surface area contributed by atoms with E-state index in [1.54, 1.807) is 12.2 Å². The zero-order valence-electron chi connectivity index (χ0n) is 21.0. The predicted octanol–water partition coefficient (Wildman–Crippen LogP) is 1.95. The predicted molar refractivity (Wildman–Crippen MR) is 138 cm³/mol. The number of nitrogens with zero attached hydrogens (tertiary/aromatic N) is 1. The van der Waals surface area contributed by atoms with Crippen LogP contribution in [0.3, 0.4) is 0 Å². The van der Waals surface area contributed by atoms with Crippen LogP contribution in [0.25, 0.3) is 0 Å². The molecule has 2 N–H and O–H groups in total. The molecule has 10 nitrogen and oxygen atoms in total. The molecule has 1 amide bonds. The number of carbonyl (C=O) groups is 1. The van der Waals surface area contributed by atoms with Crippen LogP contribution in [0.5, 0.6) is 0 Å². The van der Waals surface area contributed by atoms with Gasteiger partial charge < -0.3 is 20.0 Å². The van der Waals surface area contributed by atoms with Gasteiger partial charge >= 0.3 is 37.7 Å². The van der Waals surface area contributed by atoms with E-state index in [1.807, 2.05) is 0 Å². The van der Waals surface area contributed by atoms with Crippen LogP contribution in [-0.2, 0) is 25.0 Å². The molecule has 0 unspecified atom stereocenters. The number of aliphatic imine (C=N–C) groups is 1. The molecule has 0 aliphatic heterocycles. The van der Waals surface area contributed by atoms with E-state index in [0.29, 0.717) is 0 Å². The Labute approximate surface area is 241 Å². The van der Waals surface area contributed by atoms with Crippen molar-refractivity contribution in [2.45, 2.75) is 78.1 Å². The Morgan fingerprint density at radius 3 is 1.86 bits per heavy atom. The molecular formula is C22H40CaN2O8S2. The number of carbonyl (C=O) groups excluding carboxylic acids is 1. The second-order valence-corrected chi connectivity index (χ2v) is 10.7. The number of allylic oxidation sites excluding steroid dienone is 2. The zero-order valence-corrected chi connectivity index (χ0v) is 24.8. The van der Waals surface area contributed by atoms with Crippen LogP contribution in [0.15, 0.2) is 29.3 Å². The largest absolute Gasteiger partial charge is 2.00 e. The summed E-state index contributed by atoms with van der Waals surface area (Å²) in [6.07, 6.45) is 17.0. The summed E-state index contributed by atoms with van der Waals surface area (Å²) < 4.78 is 59.8. The van der Waals surface area contributed by atoms with Gasteiger partial charge in [0.1, 0.15) is 0 Å². The maximum Gasteiger partial charge on any atom is 2.00 e. The van der Waals surface area contributed by atoms with Gasteiger partial charge in [0.2, 0.25) is 5.91 Å². The molecule has 13 heteroatoms. The summed E-state index contributed by atoms with van der Waals surface area (Å²) in [4.78, 5) is 14.6. The van der Waals surface area contributed by atoms with Gasteiger partial charge in [-0.1, -0.05) is 70.6 Å². The van der Waals surface area contributed by atoms with Gasteiger partial charge in [-0.05, 0) is 37.7 Å². The number of rotatable bonds is 18. The van der Waals surface area contributed by atoms with Crippen LogP contribution < -0.4 is 10.4 Å². The molecule has 0 rings (SSSR count). The van der Waals surface area contributed by atoms with Crippen molar-refractivity contribution in [3.8, 4) is 0 Å². The second kappa shape index (κ2) is 25.2. The SMILES string of the molecule is CCCCCC/C=C/C(=O)NCCS(=O)(=O)O.CCCCCC/C=C/C([O-])=NCCS(=O)(=O)[O-].[Ca+2]. The number of amides is 1. The second-order valence-electron chi connectivity index (χ2n) is 7.56. The first-order valence-electron chi connectivity index (χ1n) is 11.6. The summed E-state index contributed by atoms with van der Waals surface area (Å²) >= 11 is 0. The number of nitrogens with one attached hydrogen (secondary N) is 1. The molecule has 0 radical (unpaired) electrons. The monoisotopic (exact) mass is 564 g/mol. The molecule has 0 bridgehead atoms. The number of unbranched alkanes of at least 4 members (excludes halogenated alkanes) is 8. The van der Waals surface area contributed by atoms with E-state index in [9.17, 15) is 31.3 Å². The number of hydrogen-bond acceptors (Lipinski definition) is 8. The van der Waals surface area contributed by atoms with Crippen molar-refractivity contribution >= 4 is 69.8 Å². The van der Waals surface area contributed by atoms with Crippen LogP contribution in [0.4, 0.5) is 0 Å². The first-order valence-corrected chi connectivity index (χ1v) is 14.8. The minimum atomic E-state index is -4.28. The van der Waals surface area contributed by atoms with Gasteiger partial charge in [0.05, 0.1) is 28.2 Å². The average molecular weight is 565 g/mol. The fourth-order valence-corrected chi connectivity index (χ4v) is 3.11. The van der Waals surface area contributed by atoms with Gasteiger partial charge in [-0.15, -0.1) is 0 Å². The Kier molecular flexibility index (Phi) is 28.1. The Bertz CT molecular complexity index is 826. The zero-order chi connectivity index (χ0) is 26.3. The molecule has 0 heterocycles. The summed E-state index contributed by atoms with van der Waals surface area (Å²) in [7, 11) is -8.27. The van der Waals surface area contributed by atoms with E-state index in [1.165, 1.54) is 37.8 Å². The third kappa shape index (κ3) is 38.2. The fourth-order valence-electron chi connectivity index (χ4n) is 2.43. The van der Waals surface area contributed by atoms with Crippen LogP contribution in [0.1, 0.15) is 78.1 Å². The maximum absolute atomic E-state index is 11.1. The molecule has 0 fully saturated rings. The van der Waals surface area contributed by atoms with Crippen LogP contribution in [0.2, 0.25) is 0 Å². The normalized spacial score (nSPS) is 12.3. The molecule has 0 atom stereocenters. The molecule has 0 aromatic rings. The summed E-state index contributed by atoms with van der Waals surface area (Å²) in [5.74, 6) is -1.89. The first kappa shape index (κ1) is 39.0. The number of hydrogen-bond donors (Lipinski definition) is 2. The van der Waals surface area contributed by atoms with Gasteiger partial charge in [-0.3, -0.25) is 9.35 Å². The van der Waals surface area contributed by atoms with Gasteiger partial charge in [0.25, 0.3) is 10.1 Å². The summed E-state index contributed by atoms with van der Waals surface area (Å²) in [5, 5.41) is 13.4. The Morgan fingerprint density at radius 2 is 1.40 bits per heavy atom. The van der Waals surface area contributed by atoms with Crippen molar-refractivity contribution in [2.24, 2.45) is 4.99 Å². The summed E-state index contributed by atoms with van der Waals surface area (Å²) in [6.45, 7) is 3.93. The van der Waals surface area contributed by atoms with E-state index in [2.05, 4.69) is 24.2 Å². The summed E-state index contributed by atoms with van der Waals surface area (Å²) in [6, 6.07) is 0. The molecule has 200 valence electrons. The van der Waals surface area contributed by atoms with Crippen molar-refractivity contribution in [3.05, 3.63) is 24.3 Å². The van der Waals surface area contributed by atoms with Crippen molar-refractivity contribution < 1.29 is 35.8 Å². The Hall–Kier alpha value is -0.500. The third-order valence-corrected chi connectivity index (χ3v) is 5.65. The summed E-state index contributed by atoms with van der Waals surface area (Å²) in [5.41, 5.74) is 0. The van der Waals surface area contributed by atoms with Crippen molar-refractivity contribution in [1.82, 2.24) is 5.32 Å². The van der Waals surface area contributed by atoms with Crippen LogP contribution in [-0.4, -0.2) is 100 Å². The minimum absolute atomic E-state index is 0. The van der Waals surface area contributed by atoms with Crippen molar-refractivity contribution in [2.75, 3.05) is 24.6 Å². The standard InChI is InChI=1S/2C11H21NO4S.Ca/c2*1-2-3-4-5-6-7-8-11(13)12-9-10-17(14,15)16;/h2*7-8H,2-6,9-10H2,1H3,(H,12,13)(H,14,15,16);/q;;+2/p-2/b2*8-7+;. The molecule has 0 saturated carbocycles. The van der Waals surface area contributed by atoms with E-state index in [4.69, 9.17) is 4.55 Å². The Morgan fingerprint density at radius 1 is 0.886 bits per heavy atom. The van der Waals surface area contributed by atoms with Gasteiger partial charge in [-0.25, -0.2) is 8.42 Å². The van der Waals surface area contributed by atoms with E-state index in [-0.39, 0.29) is 56.7 Å². The van der Waals surface area contributed by atoms with E-state index in [0.717, 1.165) is 38.5 Å². The van der Waals surface area contributed by atoms with E-state index >= 15 is 0 Å². The molecule has 0 saturated heterocycles. The van der Waals surface area contributed by atoms with Crippen molar-refractivity contribution in [1.29, 1.82) is 0 Å². The fraction of sp³-hybridized carbons (Fsp3) is 0.727. The van der Waals surface area contributed by atoms with E-state index < -0.39 is 37.6 Å². The molecule has 0 aliphatic carbocycles. The molecule has 0 aromatic carbocycles.